The van der Waals surface area contributed by atoms with Crippen LogP contribution in [0.15, 0.2) is 22.5 Å². The molecule has 1 rings (SSSR count). The Labute approximate surface area is 71.7 Å². The molecule has 0 aromatic rings. The third kappa shape index (κ3) is 1.84. The van der Waals surface area contributed by atoms with Crippen LogP contribution in [0.3, 0.4) is 0 Å². The average Bonchev–Trinajstić information content (AvgIpc) is 1.94. The number of rotatable bonds is 1. The largest absolute Gasteiger partial charge is 0.206 e. The zero-order valence-corrected chi connectivity index (χ0v) is 7.58. The minimum Gasteiger partial charge on any atom is -0.206 e. The lowest BCUT2D eigenvalue weighted by atomic mass is 9.94. The third-order valence-corrected chi connectivity index (χ3v) is 2.35. The van der Waals surface area contributed by atoms with Crippen LogP contribution in [-0.4, -0.2) is 0 Å². The van der Waals surface area contributed by atoms with Gasteiger partial charge in [0.2, 0.25) is 0 Å². The first-order valence-corrected chi connectivity index (χ1v) is 4.25. The fourth-order valence-corrected chi connectivity index (χ4v) is 1.64. The van der Waals surface area contributed by atoms with Crippen molar-refractivity contribution in [3.8, 4) is 0 Å². The highest BCUT2D eigenvalue weighted by Crippen LogP contribution is 2.32. The van der Waals surface area contributed by atoms with Crippen molar-refractivity contribution >= 4 is 11.6 Å². The third-order valence-electron chi connectivity index (χ3n) is 1.93. The summed E-state index contributed by atoms with van der Waals surface area (Å²) in [5, 5.41) is 0.339. The first-order valence-electron chi connectivity index (χ1n) is 3.87. The highest BCUT2D eigenvalue weighted by atomic mass is 35.5. The molecule has 0 aliphatic heterocycles. The van der Waals surface area contributed by atoms with Crippen molar-refractivity contribution < 1.29 is 4.39 Å². The van der Waals surface area contributed by atoms with E-state index in [1.165, 1.54) is 0 Å². The molecule has 0 unspecified atom stereocenters. The van der Waals surface area contributed by atoms with Crippen LogP contribution in [0, 0.1) is 5.92 Å². The summed E-state index contributed by atoms with van der Waals surface area (Å²) in [5.41, 5.74) is 1.05. The van der Waals surface area contributed by atoms with Crippen molar-refractivity contribution in [1.29, 1.82) is 0 Å². The first-order chi connectivity index (χ1) is 5.13. The topological polar surface area (TPSA) is 0 Å². The molecule has 0 saturated heterocycles. The Hall–Kier alpha value is -0.300. The van der Waals surface area contributed by atoms with Crippen LogP contribution >= 0.6 is 11.6 Å². The van der Waals surface area contributed by atoms with Gasteiger partial charge in [0.15, 0.2) is 0 Å². The number of hydrogen-bond donors (Lipinski definition) is 0. The molecule has 0 fully saturated rings. The predicted octanol–water partition coefficient (Wildman–Crippen LogP) is 3.78. The average molecular weight is 175 g/mol. The smallest absolute Gasteiger partial charge is 0.137 e. The van der Waals surface area contributed by atoms with E-state index >= 15 is 0 Å². The lowest BCUT2D eigenvalue weighted by molar-refractivity contribution is 0.617. The van der Waals surface area contributed by atoms with Gasteiger partial charge in [-0.25, -0.2) is 4.39 Å². The first kappa shape index (κ1) is 8.79. The summed E-state index contributed by atoms with van der Waals surface area (Å²) >= 11 is 5.76. The molecule has 0 radical (unpaired) electrons. The van der Waals surface area contributed by atoms with E-state index in [-0.39, 0.29) is 5.83 Å². The summed E-state index contributed by atoms with van der Waals surface area (Å²) in [7, 11) is 0. The van der Waals surface area contributed by atoms with Crippen molar-refractivity contribution in [2.75, 3.05) is 0 Å². The highest BCUT2D eigenvalue weighted by molar-refractivity contribution is 6.32. The zero-order valence-electron chi connectivity index (χ0n) is 6.82. The quantitative estimate of drug-likeness (QED) is 0.568. The number of halogens is 2. The summed E-state index contributed by atoms with van der Waals surface area (Å²) < 4.78 is 12.9. The summed E-state index contributed by atoms with van der Waals surface area (Å²) in [5.74, 6) is 0.114. The van der Waals surface area contributed by atoms with Gasteiger partial charge in [0.25, 0.3) is 0 Å². The van der Waals surface area contributed by atoms with Crippen LogP contribution in [0.4, 0.5) is 4.39 Å². The van der Waals surface area contributed by atoms with Gasteiger partial charge in [0.1, 0.15) is 5.83 Å². The monoisotopic (exact) mass is 174 g/mol. The molecule has 0 saturated carbocycles. The molecule has 2 heteroatoms. The van der Waals surface area contributed by atoms with Crippen LogP contribution < -0.4 is 0 Å². The molecule has 0 heterocycles. The van der Waals surface area contributed by atoms with Crippen molar-refractivity contribution in [3.63, 3.8) is 0 Å². The minimum atomic E-state index is -0.249. The highest BCUT2D eigenvalue weighted by Gasteiger charge is 2.15. The van der Waals surface area contributed by atoms with Gasteiger partial charge in [-0.3, -0.25) is 0 Å². The van der Waals surface area contributed by atoms with Crippen molar-refractivity contribution in [2.24, 2.45) is 5.92 Å². The van der Waals surface area contributed by atoms with Crippen LogP contribution in [-0.2, 0) is 0 Å². The van der Waals surface area contributed by atoms with E-state index in [0.29, 0.717) is 11.0 Å². The van der Waals surface area contributed by atoms with Gasteiger partial charge in [-0.2, -0.15) is 0 Å². The van der Waals surface area contributed by atoms with Gasteiger partial charge >= 0.3 is 0 Å². The SMILES string of the molecule is CC(C)C1=C(Cl)C(F)=CCC1. The maximum absolute atomic E-state index is 12.9. The Morgan fingerprint density at radius 3 is 2.64 bits per heavy atom. The molecule has 0 bridgehead atoms. The van der Waals surface area contributed by atoms with Crippen LogP contribution in [0.5, 0.6) is 0 Å². The molecule has 1 aliphatic carbocycles. The van der Waals surface area contributed by atoms with Gasteiger partial charge in [-0.05, 0) is 30.4 Å². The van der Waals surface area contributed by atoms with Crippen molar-refractivity contribution in [1.82, 2.24) is 0 Å². The summed E-state index contributed by atoms with van der Waals surface area (Å²) in [6.07, 6.45) is 3.24. The Morgan fingerprint density at radius 2 is 2.18 bits per heavy atom. The van der Waals surface area contributed by atoms with E-state index in [1.54, 1.807) is 6.08 Å². The van der Waals surface area contributed by atoms with E-state index in [2.05, 4.69) is 0 Å². The predicted molar refractivity (Wildman–Crippen MR) is 46.1 cm³/mol. The zero-order chi connectivity index (χ0) is 8.43. The van der Waals surface area contributed by atoms with Gasteiger partial charge in [-0.15, -0.1) is 0 Å². The molecule has 0 atom stereocenters. The van der Waals surface area contributed by atoms with E-state index in [0.717, 1.165) is 18.4 Å². The fourth-order valence-electron chi connectivity index (χ4n) is 1.25. The molecule has 0 N–H and O–H groups in total. The normalized spacial score (nSPS) is 19.2. The molecule has 0 aromatic carbocycles. The minimum absolute atomic E-state index is 0.249. The number of allylic oxidation sites excluding steroid dienone is 4. The molecule has 1 aliphatic rings. The molecule has 0 amide bonds. The summed E-state index contributed by atoms with van der Waals surface area (Å²) in [4.78, 5) is 0. The van der Waals surface area contributed by atoms with Crippen LogP contribution in [0.2, 0.25) is 0 Å². The lowest BCUT2D eigenvalue weighted by Gasteiger charge is -2.16. The van der Waals surface area contributed by atoms with Crippen LogP contribution in [0.1, 0.15) is 26.7 Å². The Bertz CT molecular complexity index is 214. The maximum Gasteiger partial charge on any atom is 0.137 e. The van der Waals surface area contributed by atoms with Gasteiger partial charge in [0, 0.05) is 0 Å². The molecule has 0 spiro atoms. The Kier molecular flexibility index (Phi) is 2.72. The van der Waals surface area contributed by atoms with Gasteiger partial charge < -0.3 is 0 Å². The summed E-state index contributed by atoms with van der Waals surface area (Å²) in [6.45, 7) is 4.08. The maximum atomic E-state index is 12.9. The molecular weight excluding hydrogens is 163 g/mol. The second-order valence-corrected chi connectivity index (χ2v) is 3.46. The van der Waals surface area contributed by atoms with Gasteiger partial charge in [0.05, 0.1) is 5.03 Å². The molecule has 0 aromatic heterocycles. The van der Waals surface area contributed by atoms with Crippen LogP contribution in [0.25, 0.3) is 0 Å². The molecular formula is C9H12ClF. The van der Waals surface area contributed by atoms with E-state index in [9.17, 15) is 4.39 Å². The van der Waals surface area contributed by atoms with E-state index in [4.69, 9.17) is 11.6 Å². The lowest BCUT2D eigenvalue weighted by Crippen LogP contribution is -2.00. The Morgan fingerprint density at radius 1 is 1.55 bits per heavy atom. The second-order valence-electron chi connectivity index (χ2n) is 3.08. The number of hydrogen-bond acceptors (Lipinski definition) is 0. The molecule has 11 heavy (non-hydrogen) atoms. The summed E-state index contributed by atoms with van der Waals surface area (Å²) in [6, 6.07) is 0. The van der Waals surface area contributed by atoms with Crippen molar-refractivity contribution in [3.05, 3.63) is 22.5 Å². The van der Waals surface area contributed by atoms with E-state index in [1.807, 2.05) is 13.8 Å². The van der Waals surface area contributed by atoms with Gasteiger partial charge in [-0.1, -0.05) is 25.4 Å². The molecule has 0 nitrogen and oxygen atoms in total. The molecule has 62 valence electrons. The van der Waals surface area contributed by atoms with Crippen molar-refractivity contribution in [2.45, 2.75) is 26.7 Å². The Balaban J connectivity index is 2.91. The standard InChI is InChI=1S/C9H12ClF/c1-6(2)7-4-3-5-8(11)9(7)10/h5-6H,3-4H2,1-2H3. The fraction of sp³-hybridized carbons (Fsp3) is 0.556. The van der Waals surface area contributed by atoms with E-state index < -0.39 is 0 Å². The second kappa shape index (κ2) is 3.40.